The second-order valence-corrected chi connectivity index (χ2v) is 4.67. The largest absolute Gasteiger partial charge is 0.459 e. The van der Waals surface area contributed by atoms with Crippen molar-refractivity contribution in [2.45, 2.75) is 6.04 Å². The van der Waals surface area contributed by atoms with Crippen LogP contribution in [-0.2, 0) is 4.74 Å². The smallest absolute Gasteiger partial charge is 0.432 e. The topological polar surface area (TPSA) is 63.0 Å². The maximum Gasteiger partial charge on any atom is 0.432 e. The summed E-state index contributed by atoms with van der Waals surface area (Å²) in [5, 5.41) is 2.53. The van der Waals surface area contributed by atoms with Crippen LogP contribution in [0, 0.1) is 0 Å². The molecule has 1 aliphatic heterocycles. The third kappa shape index (κ3) is 2.41. The van der Waals surface area contributed by atoms with Gasteiger partial charge in [0.2, 0.25) is 0 Å². The third-order valence-electron chi connectivity index (χ3n) is 3.41. The molecule has 0 N–H and O–H groups in total. The Morgan fingerprint density at radius 2 is 1.95 bits per heavy atom. The minimum absolute atomic E-state index is 0.0903. The molecule has 0 bridgehead atoms. The van der Waals surface area contributed by atoms with Crippen molar-refractivity contribution in [1.82, 2.24) is 10.0 Å². The first kappa shape index (κ1) is 13.4. The molecule has 1 saturated heterocycles. The summed E-state index contributed by atoms with van der Waals surface area (Å²) in [6.07, 6.45) is 0.683. The molecule has 2 aromatic rings. The summed E-state index contributed by atoms with van der Waals surface area (Å²) in [5.74, 6) is -0.458. The number of nitrogens with zero attached hydrogens (tertiary/aromatic N) is 2. The number of amides is 2. The molecule has 0 aliphatic carbocycles. The molecule has 0 saturated carbocycles. The molecule has 2 amide bonds. The van der Waals surface area contributed by atoms with E-state index < -0.39 is 12.0 Å². The number of rotatable bonds is 2. The molecule has 1 unspecified atom stereocenters. The van der Waals surface area contributed by atoms with Gasteiger partial charge in [0.25, 0.3) is 0 Å². The minimum atomic E-state index is -0.703. The molecular weight excluding hydrogens is 272 g/mol. The molecule has 0 radical (unpaired) electrons. The molecule has 1 atom stereocenters. The van der Waals surface area contributed by atoms with E-state index in [1.54, 1.807) is 18.1 Å². The summed E-state index contributed by atoms with van der Waals surface area (Å²) in [6, 6.07) is 12.4. The number of carbonyl (C=O) groups is 2. The fourth-order valence-electron chi connectivity index (χ4n) is 2.31. The van der Waals surface area contributed by atoms with Crippen molar-refractivity contribution in [3.05, 3.63) is 60.1 Å². The number of benzene rings is 1. The lowest BCUT2D eigenvalue weighted by molar-refractivity contribution is -0.0714. The number of furan rings is 1. The predicted octanol–water partition coefficient (Wildman–Crippen LogP) is 2.46. The van der Waals surface area contributed by atoms with Crippen LogP contribution in [0.4, 0.5) is 4.79 Å². The monoisotopic (exact) mass is 286 g/mol. The lowest BCUT2D eigenvalue weighted by Crippen LogP contribution is -2.54. The Kier molecular flexibility index (Phi) is 3.45. The van der Waals surface area contributed by atoms with Gasteiger partial charge in [-0.25, -0.2) is 9.80 Å². The number of ether oxygens (including phenoxy) is 1. The second kappa shape index (κ2) is 5.41. The van der Waals surface area contributed by atoms with Crippen LogP contribution in [0.1, 0.15) is 22.2 Å². The van der Waals surface area contributed by atoms with Crippen molar-refractivity contribution in [2.24, 2.45) is 0 Å². The number of imide groups is 1. The zero-order valence-electron chi connectivity index (χ0n) is 11.4. The van der Waals surface area contributed by atoms with E-state index in [0.717, 1.165) is 10.6 Å². The van der Waals surface area contributed by atoms with E-state index in [-0.39, 0.29) is 18.4 Å². The highest BCUT2D eigenvalue weighted by Gasteiger charge is 2.39. The van der Waals surface area contributed by atoms with Gasteiger partial charge in [0.15, 0.2) is 5.76 Å². The van der Waals surface area contributed by atoms with Crippen molar-refractivity contribution < 1.29 is 18.7 Å². The fourth-order valence-corrected chi connectivity index (χ4v) is 2.31. The Hall–Kier alpha value is -2.60. The van der Waals surface area contributed by atoms with Gasteiger partial charge in [-0.2, -0.15) is 5.01 Å². The van der Waals surface area contributed by atoms with E-state index in [4.69, 9.17) is 9.15 Å². The number of cyclic esters (lactones) is 1. The quantitative estimate of drug-likeness (QED) is 0.848. The van der Waals surface area contributed by atoms with Crippen molar-refractivity contribution in [2.75, 3.05) is 13.7 Å². The molecule has 1 aliphatic rings. The molecule has 1 fully saturated rings. The number of hydrogen-bond acceptors (Lipinski definition) is 5. The van der Waals surface area contributed by atoms with E-state index in [9.17, 15) is 9.59 Å². The fraction of sp³-hybridized carbons (Fsp3) is 0.200. The summed E-state index contributed by atoms with van der Waals surface area (Å²) >= 11 is 0. The van der Waals surface area contributed by atoms with Crippen LogP contribution in [0.2, 0.25) is 0 Å². The van der Waals surface area contributed by atoms with Crippen molar-refractivity contribution in [3.63, 3.8) is 0 Å². The Balaban J connectivity index is 1.89. The number of hydrazine groups is 1. The maximum absolute atomic E-state index is 12.3. The van der Waals surface area contributed by atoms with Crippen molar-refractivity contribution >= 4 is 12.0 Å². The van der Waals surface area contributed by atoms with Gasteiger partial charge in [-0.15, -0.1) is 0 Å². The van der Waals surface area contributed by atoms with E-state index >= 15 is 0 Å². The van der Waals surface area contributed by atoms with E-state index in [1.807, 2.05) is 30.3 Å². The molecular formula is C15H14N2O4. The van der Waals surface area contributed by atoms with Crippen molar-refractivity contribution in [3.8, 4) is 0 Å². The third-order valence-corrected chi connectivity index (χ3v) is 3.41. The standard InChI is InChI=1S/C15H14N2O4/c1-16-12(11-6-3-2-4-7-11)10-21-15(19)17(16)14(18)13-8-5-9-20-13/h2-9,12H,10H2,1H3. The summed E-state index contributed by atoms with van der Waals surface area (Å²) in [7, 11) is 1.68. The Morgan fingerprint density at radius 1 is 1.19 bits per heavy atom. The zero-order valence-corrected chi connectivity index (χ0v) is 11.4. The lowest BCUT2D eigenvalue weighted by Gasteiger charge is -2.39. The van der Waals surface area contributed by atoms with Gasteiger partial charge in [0.1, 0.15) is 6.61 Å². The van der Waals surface area contributed by atoms with Gasteiger partial charge in [0.05, 0.1) is 12.3 Å². The molecule has 1 aromatic heterocycles. The van der Waals surface area contributed by atoms with Gasteiger partial charge in [0, 0.05) is 7.05 Å². The van der Waals surface area contributed by atoms with Gasteiger partial charge >= 0.3 is 12.0 Å². The van der Waals surface area contributed by atoms with E-state index in [2.05, 4.69) is 0 Å². The minimum Gasteiger partial charge on any atom is -0.459 e. The second-order valence-electron chi connectivity index (χ2n) is 4.67. The highest BCUT2D eigenvalue weighted by atomic mass is 16.6. The van der Waals surface area contributed by atoms with Crippen LogP contribution in [0.5, 0.6) is 0 Å². The van der Waals surface area contributed by atoms with Crippen LogP contribution >= 0.6 is 0 Å². The normalized spacial score (nSPS) is 19.4. The predicted molar refractivity (Wildman–Crippen MR) is 73.2 cm³/mol. The maximum atomic E-state index is 12.3. The Labute approximate surface area is 121 Å². The first-order chi connectivity index (χ1) is 10.2. The van der Waals surface area contributed by atoms with Crippen molar-refractivity contribution in [1.29, 1.82) is 0 Å². The Bertz CT molecular complexity index is 639. The zero-order chi connectivity index (χ0) is 14.8. The number of carbonyl (C=O) groups excluding carboxylic acids is 2. The molecule has 1 aromatic carbocycles. The van der Waals surface area contributed by atoms with Gasteiger partial charge < -0.3 is 9.15 Å². The average molecular weight is 286 g/mol. The summed E-state index contributed by atoms with van der Waals surface area (Å²) in [5.41, 5.74) is 0.963. The molecule has 3 rings (SSSR count). The molecule has 2 heterocycles. The molecule has 6 nitrogen and oxygen atoms in total. The highest BCUT2D eigenvalue weighted by Crippen LogP contribution is 2.27. The van der Waals surface area contributed by atoms with Crippen LogP contribution in [0.25, 0.3) is 0 Å². The Morgan fingerprint density at radius 3 is 2.62 bits per heavy atom. The number of hydrogen-bond donors (Lipinski definition) is 0. The highest BCUT2D eigenvalue weighted by molar-refractivity contribution is 6.00. The van der Waals surface area contributed by atoms with Crippen LogP contribution in [-0.4, -0.2) is 35.7 Å². The first-order valence-corrected chi connectivity index (χ1v) is 6.51. The first-order valence-electron chi connectivity index (χ1n) is 6.51. The lowest BCUT2D eigenvalue weighted by atomic mass is 10.1. The van der Waals surface area contributed by atoms with E-state index in [0.29, 0.717) is 0 Å². The molecule has 0 spiro atoms. The number of likely N-dealkylation sites (N-methyl/N-ethyl adjacent to an activating group) is 1. The van der Waals surface area contributed by atoms with Gasteiger partial charge in [-0.1, -0.05) is 30.3 Å². The van der Waals surface area contributed by atoms with Gasteiger partial charge in [-0.3, -0.25) is 4.79 Å². The molecule has 108 valence electrons. The molecule has 21 heavy (non-hydrogen) atoms. The van der Waals surface area contributed by atoms with Crippen LogP contribution in [0.15, 0.2) is 53.1 Å². The molecule has 6 heteroatoms. The summed E-state index contributed by atoms with van der Waals surface area (Å²) in [6.45, 7) is 0.196. The average Bonchev–Trinajstić information content (AvgIpc) is 3.02. The van der Waals surface area contributed by atoms with Gasteiger partial charge in [-0.05, 0) is 17.7 Å². The summed E-state index contributed by atoms with van der Waals surface area (Å²) in [4.78, 5) is 24.3. The van der Waals surface area contributed by atoms with Crippen LogP contribution < -0.4 is 0 Å². The van der Waals surface area contributed by atoms with Crippen LogP contribution in [0.3, 0.4) is 0 Å². The van der Waals surface area contributed by atoms with E-state index in [1.165, 1.54) is 12.3 Å². The summed E-state index contributed by atoms with van der Waals surface area (Å²) < 4.78 is 10.2. The SMILES string of the molecule is CN1C(c2ccccc2)COC(=O)N1C(=O)c1ccco1.